The lowest BCUT2D eigenvalue weighted by atomic mass is 10.3. The molecule has 1 heterocycles. The van der Waals surface area contributed by atoms with Gasteiger partial charge < -0.3 is 10.1 Å². The highest BCUT2D eigenvalue weighted by Gasteiger charge is 2.10. The number of nitrogens with one attached hydrogen (secondary N) is 1. The molecule has 0 bridgehead atoms. The Labute approximate surface area is 112 Å². The van der Waals surface area contributed by atoms with Gasteiger partial charge in [-0.15, -0.1) is 11.3 Å². The Morgan fingerprint density at radius 1 is 1.26 bits per heavy atom. The Morgan fingerprint density at radius 2 is 2.05 bits per heavy atom. The number of anilines is 1. The number of hydrogen-bond donors (Lipinski definition) is 1. The molecule has 0 radical (unpaired) electrons. The number of benzene rings is 1. The van der Waals surface area contributed by atoms with Crippen molar-refractivity contribution >= 4 is 17.0 Å². The average molecular weight is 287 g/mol. The minimum atomic E-state index is -3.03. The molecule has 0 unspecified atom stereocenters. The Bertz CT molecular complexity index is 557. The number of thiophene rings is 1. The summed E-state index contributed by atoms with van der Waals surface area (Å²) in [5.41, 5.74) is 0.519. The van der Waals surface area contributed by atoms with E-state index in [9.17, 15) is 13.2 Å². The average Bonchev–Trinajstić information content (AvgIpc) is 2.75. The predicted molar refractivity (Wildman–Crippen MR) is 69.4 cm³/mol. The van der Waals surface area contributed by atoms with Gasteiger partial charge in [0.25, 0.3) is 0 Å². The van der Waals surface area contributed by atoms with Crippen LogP contribution in [0.4, 0.5) is 18.9 Å². The van der Waals surface area contributed by atoms with Crippen molar-refractivity contribution in [1.82, 2.24) is 0 Å². The lowest BCUT2D eigenvalue weighted by Crippen LogP contribution is -2.04. The fourth-order valence-corrected chi connectivity index (χ4v) is 2.40. The molecule has 0 saturated heterocycles. The lowest BCUT2D eigenvalue weighted by molar-refractivity contribution is -0.0521. The van der Waals surface area contributed by atoms with Gasteiger partial charge in [0.1, 0.15) is 0 Å². The molecule has 0 atom stereocenters. The molecule has 2 rings (SSSR count). The van der Waals surface area contributed by atoms with E-state index in [-0.39, 0.29) is 0 Å². The van der Waals surface area contributed by atoms with Gasteiger partial charge in [0.2, 0.25) is 0 Å². The van der Waals surface area contributed by atoms with Crippen LogP contribution in [0.5, 0.6) is 5.75 Å². The standard InChI is InChI=1S/C13H12F3NOS/c1-8-2-4-10(19-8)7-17-9-3-5-12(11(14)6-9)18-13(15)16/h2-6,13,17H,7H2,1H3. The minimum absolute atomic E-state index is 0.451. The molecule has 0 aliphatic rings. The van der Waals surface area contributed by atoms with Crippen molar-refractivity contribution < 1.29 is 17.9 Å². The van der Waals surface area contributed by atoms with Crippen molar-refractivity contribution in [1.29, 1.82) is 0 Å². The first-order chi connectivity index (χ1) is 9.04. The minimum Gasteiger partial charge on any atom is -0.432 e. The van der Waals surface area contributed by atoms with Crippen molar-refractivity contribution in [3.63, 3.8) is 0 Å². The van der Waals surface area contributed by atoms with Crippen LogP contribution in [0.3, 0.4) is 0 Å². The number of aryl methyl sites for hydroxylation is 1. The van der Waals surface area contributed by atoms with Crippen LogP contribution >= 0.6 is 11.3 Å². The van der Waals surface area contributed by atoms with Crippen LogP contribution in [0.2, 0.25) is 0 Å². The fourth-order valence-electron chi connectivity index (χ4n) is 1.57. The van der Waals surface area contributed by atoms with Crippen molar-refractivity contribution in [3.05, 3.63) is 45.9 Å². The first kappa shape index (κ1) is 13.7. The molecule has 0 amide bonds. The third-order valence-corrected chi connectivity index (χ3v) is 3.41. The van der Waals surface area contributed by atoms with Gasteiger partial charge in [0.15, 0.2) is 11.6 Å². The molecule has 1 aromatic heterocycles. The largest absolute Gasteiger partial charge is 0.432 e. The Kier molecular flexibility index (Phi) is 4.31. The van der Waals surface area contributed by atoms with Crippen LogP contribution in [-0.2, 0) is 6.54 Å². The molecule has 1 N–H and O–H groups in total. The Hall–Kier alpha value is -1.69. The third kappa shape index (κ3) is 3.89. The molecule has 0 aliphatic heterocycles. The van der Waals surface area contributed by atoms with Gasteiger partial charge in [-0.2, -0.15) is 8.78 Å². The molecule has 0 aliphatic carbocycles. The molecule has 0 spiro atoms. The molecular formula is C13H12F3NOS. The normalized spacial score (nSPS) is 10.8. The zero-order chi connectivity index (χ0) is 13.8. The zero-order valence-corrected chi connectivity index (χ0v) is 10.9. The van der Waals surface area contributed by atoms with Gasteiger partial charge in [-0.1, -0.05) is 0 Å². The van der Waals surface area contributed by atoms with Crippen LogP contribution in [0.15, 0.2) is 30.3 Å². The Morgan fingerprint density at radius 3 is 2.63 bits per heavy atom. The fraction of sp³-hybridized carbons (Fsp3) is 0.231. The summed E-state index contributed by atoms with van der Waals surface area (Å²) in [4.78, 5) is 2.31. The van der Waals surface area contributed by atoms with Gasteiger partial charge in [0.05, 0.1) is 0 Å². The number of hydrogen-bond acceptors (Lipinski definition) is 3. The van der Waals surface area contributed by atoms with Crippen molar-refractivity contribution in [2.75, 3.05) is 5.32 Å². The molecule has 1 aromatic carbocycles. The van der Waals surface area contributed by atoms with E-state index in [0.29, 0.717) is 12.2 Å². The van der Waals surface area contributed by atoms with E-state index in [4.69, 9.17) is 0 Å². The molecular weight excluding hydrogens is 275 g/mol. The summed E-state index contributed by atoms with van der Waals surface area (Å²) in [5.74, 6) is -1.26. The highest BCUT2D eigenvalue weighted by atomic mass is 32.1. The molecule has 0 fully saturated rings. The summed E-state index contributed by atoms with van der Waals surface area (Å²) >= 11 is 1.64. The SMILES string of the molecule is Cc1ccc(CNc2ccc(OC(F)F)c(F)c2)s1. The maximum Gasteiger partial charge on any atom is 0.387 e. The van der Waals surface area contributed by atoms with Crippen LogP contribution in [0, 0.1) is 12.7 Å². The first-order valence-corrected chi connectivity index (χ1v) is 6.40. The molecule has 19 heavy (non-hydrogen) atoms. The van der Waals surface area contributed by atoms with E-state index in [1.165, 1.54) is 17.0 Å². The Balaban J connectivity index is 1.99. The van der Waals surface area contributed by atoms with Crippen molar-refractivity contribution in [3.8, 4) is 5.75 Å². The number of ether oxygens (including phenoxy) is 1. The summed E-state index contributed by atoms with van der Waals surface area (Å²) in [6.45, 7) is -0.459. The van der Waals surface area contributed by atoms with Gasteiger partial charge in [-0.05, 0) is 31.2 Å². The second kappa shape index (κ2) is 5.97. The van der Waals surface area contributed by atoms with E-state index < -0.39 is 18.2 Å². The second-order valence-electron chi connectivity index (χ2n) is 3.89. The molecule has 2 aromatic rings. The molecule has 102 valence electrons. The van der Waals surface area contributed by atoms with E-state index in [0.717, 1.165) is 10.9 Å². The highest BCUT2D eigenvalue weighted by Crippen LogP contribution is 2.24. The van der Waals surface area contributed by atoms with Crippen LogP contribution in [0.1, 0.15) is 9.75 Å². The number of halogens is 3. The summed E-state index contributed by atoms with van der Waals surface area (Å²) < 4.78 is 41.4. The quantitative estimate of drug-likeness (QED) is 0.879. The molecule has 2 nitrogen and oxygen atoms in total. The van der Waals surface area contributed by atoms with E-state index in [1.54, 1.807) is 11.3 Å². The van der Waals surface area contributed by atoms with Crippen molar-refractivity contribution in [2.24, 2.45) is 0 Å². The zero-order valence-electron chi connectivity index (χ0n) is 10.1. The molecule has 0 saturated carbocycles. The molecule has 6 heteroatoms. The van der Waals surface area contributed by atoms with E-state index in [2.05, 4.69) is 10.1 Å². The second-order valence-corrected chi connectivity index (χ2v) is 5.26. The first-order valence-electron chi connectivity index (χ1n) is 5.58. The third-order valence-electron chi connectivity index (χ3n) is 2.41. The topological polar surface area (TPSA) is 21.3 Å². The van der Waals surface area contributed by atoms with Crippen LogP contribution < -0.4 is 10.1 Å². The number of rotatable bonds is 5. The summed E-state index contributed by atoms with van der Waals surface area (Å²) in [6, 6.07) is 7.81. The number of alkyl halides is 2. The lowest BCUT2D eigenvalue weighted by Gasteiger charge is -2.08. The van der Waals surface area contributed by atoms with Crippen molar-refractivity contribution in [2.45, 2.75) is 20.1 Å². The summed E-state index contributed by atoms with van der Waals surface area (Å²) in [5, 5.41) is 3.02. The maximum absolute atomic E-state index is 13.4. The van der Waals surface area contributed by atoms with Gasteiger partial charge in [-0.3, -0.25) is 0 Å². The summed E-state index contributed by atoms with van der Waals surface area (Å²) in [6.07, 6.45) is 0. The van der Waals surface area contributed by atoms with Gasteiger partial charge in [0, 0.05) is 28.1 Å². The van der Waals surface area contributed by atoms with Gasteiger partial charge >= 0.3 is 6.61 Å². The van der Waals surface area contributed by atoms with Crippen LogP contribution in [-0.4, -0.2) is 6.61 Å². The van der Waals surface area contributed by atoms with Crippen LogP contribution in [0.25, 0.3) is 0 Å². The van der Waals surface area contributed by atoms with Gasteiger partial charge in [-0.25, -0.2) is 4.39 Å². The highest BCUT2D eigenvalue weighted by molar-refractivity contribution is 7.11. The monoisotopic (exact) mass is 287 g/mol. The summed E-state index contributed by atoms with van der Waals surface area (Å²) in [7, 11) is 0. The smallest absolute Gasteiger partial charge is 0.387 e. The predicted octanol–water partition coefficient (Wildman–Crippen LogP) is 4.41. The van der Waals surface area contributed by atoms with E-state index >= 15 is 0 Å². The maximum atomic E-state index is 13.4. The van der Waals surface area contributed by atoms with E-state index in [1.807, 2.05) is 19.1 Å².